The number of benzene rings is 2. The van der Waals surface area contributed by atoms with E-state index >= 15 is 0 Å². The van der Waals surface area contributed by atoms with Crippen LogP contribution in [0.3, 0.4) is 0 Å². The van der Waals surface area contributed by atoms with E-state index in [0.29, 0.717) is 22.8 Å². The van der Waals surface area contributed by atoms with Crippen LogP contribution in [-0.2, 0) is 0 Å². The van der Waals surface area contributed by atoms with E-state index in [0.717, 1.165) is 16.1 Å². The van der Waals surface area contributed by atoms with E-state index in [4.69, 9.17) is 0 Å². The molecule has 7 heteroatoms. The minimum atomic E-state index is -0.295. The van der Waals surface area contributed by atoms with Crippen molar-refractivity contribution < 1.29 is 14.1 Å². The summed E-state index contributed by atoms with van der Waals surface area (Å²) in [6.45, 7) is 1.34. The van der Waals surface area contributed by atoms with Crippen LogP contribution in [0.5, 0.6) is 0 Å². The molecule has 0 aliphatic carbocycles. The summed E-state index contributed by atoms with van der Waals surface area (Å²) in [5, 5.41) is 0.603. The van der Waals surface area contributed by atoms with E-state index in [9.17, 15) is 9.18 Å². The Morgan fingerprint density at radius 1 is 1.23 bits per heavy atom. The van der Waals surface area contributed by atoms with Gasteiger partial charge in [-0.25, -0.2) is 9.37 Å². The molecule has 0 aliphatic heterocycles. The van der Waals surface area contributed by atoms with Crippen LogP contribution in [0, 0.1) is 5.82 Å². The molecular weight excluding hydrogens is 369 g/mol. The smallest absolute Gasteiger partial charge is 0.260 e. The minimum Gasteiger partial charge on any atom is -0.338 e. The first-order valence-corrected chi connectivity index (χ1v) is 10.3. The third-order valence-electron chi connectivity index (χ3n) is 3.99. The molecule has 3 rings (SSSR count). The van der Waals surface area contributed by atoms with Crippen LogP contribution in [0.25, 0.3) is 10.2 Å². The van der Waals surface area contributed by atoms with Crippen LogP contribution in [0.1, 0.15) is 10.4 Å². The molecule has 0 atom stereocenters. The number of carbonyl (C=O) groups is 1. The summed E-state index contributed by atoms with van der Waals surface area (Å²) in [5.74, 6) is -0.380. The molecule has 1 amide bonds. The van der Waals surface area contributed by atoms with Gasteiger partial charge in [-0.1, -0.05) is 11.3 Å². The maximum Gasteiger partial charge on any atom is 0.260 e. The Morgan fingerprint density at radius 3 is 2.62 bits per heavy atom. The average molecular weight is 391 g/mol. The number of hydrogen-bond donors (Lipinski definition) is 1. The summed E-state index contributed by atoms with van der Waals surface area (Å²) in [5.41, 5.74) is 1.33. The average Bonchev–Trinajstić information content (AvgIpc) is 3.04. The number of nitrogens with zero attached hydrogens (tertiary/aromatic N) is 2. The van der Waals surface area contributed by atoms with Gasteiger partial charge in [0.05, 0.1) is 37.4 Å². The fourth-order valence-electron chi connectivity index (χ4n) is 2.51. The molecule has 0 saturated heterocycles. The predicted octanol–water partition coefficient (Wildman–Crippen LogP) is 2.95. The van der Waals surface area contributed by atoms with Crippen molar-refractivity contribution in [2.75, 3.05) is 38.3 Å². The Kier molecular flexibility index (Phi) is 5.90. The fraction of sp³-hybridized carbons (Fsp3) is 0.263. The molecule has 136 valence electrons. The van der Waals surface area contributed by atoms with Gasteiger partial charge in [0.2, 0.25) is 0 Å². The lowest BCUT2D eigenvalue weighted by atomic mass is 10.2. The number of rotatable bonds is 6. The maximum atomic E-state index is 13.5. The van der Waals surface area contributed by atoms with Gasteiger partial charge < -0.3 is 4.90 Å². The number of carbonyl (C=O) groups excluding carboxylic acids is 1. The van der Waals surface area contributed by atoms with Crippen molar-refractivity contribution in [3.63, 3.8) is 0 Å². The number of thioether (sulfide) groups is 1. The second-order valence-electron chi connectivity index (χ2n) is 6.25. The number of fused-ring (bicyclic) bond motifs is 1. The SMILES string of the molecule is CSc1ccc(C(=O)N(CC[NH+](C)C)c2nc3ccc(F)cc3s2)cc1. The van der Waals surface area contributed by atoms with E-state index in [1.54, 1.807) is 22.7 Å². The monoisotopic (exact) mass is 390 g/mol. The quantitative estimate of drug-likeness (QED) is 0.658. The number of nitrogens with one attached hydrogen (secondary N) is 1. The summed E-state index contributed by atoms with van der Waals surface area (Å²) < 4.78 is 14.2. The summed E-state index contributed by atoms with van der Waals surface area (Å²) in [6, 6.07) is 12.1. The van der Waals surface area contributed by atoms with Crippen LogP contribution < -0.4 is 9.80 Å². The minimum absolute atomic E-state index is 0.0848. The first-order valence-electron chi connectivity index (χ1n) is 8.29. The van der Waals surface area contributed by atoms with E-state index in [2.05, 4.69) is 4.98 Å². The molecule has 0 radical (unpaired) electrons. The van der Waals surface area contributed by atoms with Gasteiger partial charge in [0.15, 0.2) is 5.13 Å². The summed E-state index contributed by atoms with van der Waals surface area (Å²) >= 11 is 2.98. The molecule has 0 fully saturated rings. The topological polar surface area (TPSA) is 37.6 Å². The Labute approximate surface area is 160 Å². The second-order valence-corrected chi connectivity index (χ2v) is 8.14. The molecular formula is C19H21FN3OS2+. The normalized spacial score (nSPS) is 11.3. The van der Waals surface area contributed by atoms with E-state index in [1.807, 2.05) is 44.6 Å². The second kappa shape index (κ2) is 8.16. The van der Waals surface area contributed by atoms with Crippen molar-refractivity contribution >= 4 is 44.4 Å². The van der Waals surface area contributed by atoms with E-state index in [-0.39, 0.29) is 11.7 Å². The van der Waals surface area contributed by atoms with Crippen molar-refractivity contribution in [2.24, 2.45) is 0 Å². The number of amides is 1. The van der Waals surface area contributed by atoms with Gasteiger partial charge >= 0.3 is 0 Å². The molecule has 3 aromatic rings. The molecule has 1 heterocycles. The number of aromatic nitrogens is 1. The maximum absolute atomic E-state index is 13.5. The summed E-state index contributed by atoms with van der Waals surface area (Å²) in [4.78, 5) is 21.7. The van der Waals surface area contributed by atoms with Gasteiger partial charge in [-0.15, -0.1) is 11.8 Å². The van der Waals surface area contributed by atoms with Crippen molar-refractivity contribution in [1.29, 1.82) is 0 Å². The van der Waals surface area contributed by atoms with E-state index in [1.165, 1.54) is 28.4 Å². The first-order chi connectivity index (χ1) is 12.5. The van der Waals surface area contributed by atoms with Gasteiger partial charge in [0.25, 0.3) is 5.91 Å². The lowest BCUT2D eigenvalue weighted by Crippen LogP contribution is -3.06. The molecule has 0 unspecified atom stereocenters. The lowest BCUT2D eigenvalue weighted by Gasteiger charge is -2.20. The third-order valence-corrected chi connectivity index (χ3v) is 5.77. The molecule has 1 aromatic heterocycles. The highest BCUT2D eigenvalue weighted by atomic mass is 32.2. The van der Waals surface area contributed by atoms with Crippen molar-refractivity contribution in [3.05, 3.63) is 53.8 Å². The van der Waals surface area contributed by atoms with Crippen LogP contribution in [-0.4, -0.2) is 44.3 Å². The predicted molar refractivity (Wildman–Crippen MR) is 107 cm³/mol. The highest BCUT2D eigenvalue weighted by Gasteiger charge is 2.22. The number of thiazole rings is 1. The molecule has 0 spiro atoms. The number of hydrogen-bond acceptors (Lipinski definition) is 4. The summed E-state index contributed by atoms with van der Waals surface area (Å²) in [6.07, 6.45) is 2.00. The number of quaternary nitrogens is 1. The number of anilines is 1. The number of halogens is 1. The zero-order valence-electron chi connectivity index (χ0n) is 15.0. The number of likely N-dealkylation sites (N-methyl/N-ethyl adjacent to an activating group) is 1. The van der Waals surface area contributed by atoms with Gasteiger partial charge in [-0.3, -0.25) is 9.69 Å². The highest BCUT2D eigenvalue weighted by molar-refractivity contribution is 7.98. The molecule has 4 nitrogen and oxygen atoms in total. The van der Waals surface area contributed by atoms with Gasteiger partial charge in [0.1, 0.15) is 5.82 Å². The molecule has 0 bridgehead atoms. The zero-order valence-corrected chi connectivity index (χ0v) is 16.6. The zero-order chi connectivity index (χ0) is 18.7. The largest absolute Gasteiger partial charge is 0.338 e. The van der Waals surface area contributed by atoms with Crippen molar-refractivity contribution in [2.45, 2.75) is 4.90 Å². The molecule has 2 aromatic carbocycles. The summed E-state index contributed by atoms with van der Waals surface area (Å²) in [7, 11) is 4.09. The highest BCUT2D eigenvalue weighted by Crippen LogP contribution is 2.30. The fourth-order valence-corrected chi connectivity index (χ4v) is 3.93. The Balaban J connectivity index is 1.95. The van der Waals surface area contributed by atoms with Gasteiger partial charge in [0, 0.05) is 10.5 Å². The molecule has 26 heavy (non-hydrogen) atoms. The first kappa shape index (κ1) is 18.8. The van der Waals surface area contributed by atoms with Gasteiger partial charge in [-0.05, 0) is 48.7 Å². The van der Waals surface area contributed by atoms with Crippen molar-refractivity contribution in [1.82, 2.24) is 4.98 Å². The van der Waals surface area contributed by atoms with Crippen LogP contribution >= 0.6 is 23.1 Å². The lowest BCUT2D eigenvalue weighted by molar-refractivity contribution is -0.856. The van der Waals surface area contributed by atoms with Crippen LogP contribution in [0.4, 0.5) is 9.52 Å². The van der Waals surface area contributed by atoms with Crippen LogP contribution in [0.15, 0.2) is 47.4 Å². The van der Waals surface area contributed by atoms with Crippen LogP contribution in [0.2, 0.25) is 0 Å². The molecule has 0 saturated carbocycles. The van der Waals surface area contributed by atoms with E-state index < -0.39 is 0 Å². The Bertz CT molecular complexity index is 909. The molecule has 1 N–H and O–H groups in total. The standard InChI is InChI=1S/C19H20FN3OS2/c1-22(2)10-11-23(18(24)13-4-7-15(25-3)8-5-13)19-21-16-9-6-14(20)12-17(16)26-19/h4-9,12H,10-11H2,1-3H3/p+1. The van der Waals surface area contributed by atoms with Gasteiger partial charge in [-0.2, -0.15) is 0 Å². The van der Waals surface area contributed by atoms with Crippen molar-refractivity contribution in [3.8, 4) is 0 Å². The third kappa shape index (κ3) is 4.23. The Morgan fingerprint density at radius 2 is 1.96 bits per heavy atom. The Hall–Kier alpha value is -1.96. The molecule has 0 aliphatic rings.